The molecule has 3 heteroatoms. The molecule has 0 unspecified atom stereocenters. The number of carbonyl (C=O) groups is 1. The zero-order chi connectivity index (χ0) is 11.7. The van der Waals surface area contributed by atoms with Crippen molar-refractivity contribution in [3.8, 4) is 5.75 Å². The van der Waals surface area contributed by atoms with Gasteiger partial charge in [-0.1, -0.05) is 36.4 Å². The summed E-state index contributed by atoms with van der Waals surface area (Å²) in [6, 6.07) is 18.0. The number of ether oxygens (including phenoxy) is 1. The van der Waals surface area contributed by atoms with Crippen molar-refractivity contribution in [1.82, 2.24) is 0 Å². The monoisotopic (exact) mass is 264 g/mol. The number of hydrogen-bond acceptors (Lipinski definition) is 2. The summed E-state index contributed by atoms with van der Waals surface area (Å²) in [7, 11) is 0. The average molecular weight is 264 g/mol. The van der Waals surface area contributed by atoms with Crippen LogP contribution in [0.4, 0.5) is 0 Å². The summed E-state index contributed by atoms with van der Waals surface area (Å²) < 4.78 is 4.99. The first-order valence-electron chi connectivity index (χ1n) is 5.40. The Hall–Kier alpha value is -1.09. The van der Waals surface area contributed by atoms with Gasteiger partial charge in [-0.15, -0.1) is 0 Å². The SMILES string of the molecule is O=COc1cccc2cc3ccccc3cc12.[Ca+2].[H-].[H-]. The second-order valence-corrected chi connectivity index (χ2v) is 3.89. The van der Waals surface area contributed by atoms with E-state index in [9.17, 15) is 4.79 Å². The van der Waals surface area contributed by atoms with E-state index in [4.69, 9.17) is 4.74 Å². The molecule has 0 fully saturated rings. The molecule has 3 aromatic carbocycles. The van der Waals surface area contributed by atoms with Gasteiger partial charge in [-0.3, -0.25) is 4.79 Å². The van der Waals surface area contributed by atoms with Crippen LogP contribution in [0, 0.1) is 0 Å². The Kier molecular flexibility index (Phi) is 4.23. The Balaban J connectivity index is 0.00000120. The standard InChI is InChI=1S/C15H10O2.Ca.2H/c16-10-17-15-7-3-6-13-8-11-4-1-2-5-12(11)9-14(13)15;;;/h1-10H;;;/q;+2;2*-1. The van der Waals surface area contributed by atoms with E-state index in [-0.39, 0.29) is 40.6 Å². The summed E-state index contributed by atoms with van der Waals surface area (Å²) in [6.45, 7) is 0.462. The fourth-order valence-corrected chi connectivity index (χ4v) is 2.09. The summed E-state index contributed by atoms with van der Waals surface area (Å²) in [4.78, 5) is 10.5. The third-order valence-electron chi connectivity index (χ3n) is 2.88. The molecule has 0 N–H and O–H groups in total. The number of benzene rings is 3. The number of fused-ring (bicyclic) bond motifs is 2. The van der Waals surface area contributed by atoms with E-state index in [1.807, 2.05) is 36.4 Å². The summed E-state index contributed by atoms with van der Waals surface area (Å²) in [6.07, 6.45) is 0. The maximum absolute atomic E-state index is 10.5. The van der Waals surface area contributed by atoms with Gasteiger partial charge in [0.25, 0.3) is 6.47 Å². The molecule has 0 radical (unpaired) electrons. The minimum Gasteiger partial charge on any atom is -1.00 e. The molecule has 0 aliphatic rings. The van der Waals surface area contributed by atoms with Crippen molar-refractivity contribution in [2.75, 3.05) is 0 Å². The number of hydrogen-bond donors (Lipinski definition) is 0. The van der Waals surface area contributed by atoms with Crippen LogP contribution < -0.4 is 4.74 Å². The molecule has 2 nitrogen and oxygen atoms in total. The van der Waals surface area contributed by atoms with Gasteiger partial charge in [-0.2, -0.15) is 0 Å². The third-order valence-corrected chi connectivity index (χ3v) is 2.88. The molecular weight excluding hydrogens is 252 g/mol. The van der Waals surface area contributed by atoms with E-state index in [0.717, 1.165) is 16.2 Å². The largest absolute Gasteiger partial charge is 2.00 e. The minimum atomic E-state index is 0. The average Bonchev–Trinajstić information content (AvgIpc) is 2.37. The Bertz CT molecular complexity index is 716. The molecule has 0 saturated heterocycles. The zero-order valence-electron chi connectivity index (χ0n) is 11.8. The van der Waals surface area contributed by atoms with Gasteiger partial charge in [-0.25, -0.2) is 0 Å². The second-order valence-electron chi connectivity index (χ2n) is 3.89. The third kappa shape index (κ3) is 2.37. The van der Waals surface area contributed by atoms with Crippen molar-refractivity contribution < 1.29 is 12.4 Å². The first-order chi connectivity index (χ1) is 8.38. The van der Waals surface area contributed by atoms with E-state index in [2.05, 4.69) is 12.1 Å². The molecule has 0 atom stereocenters. The summed E-state index contributed by atoms with van der Waals surface area (Å²) in [5.41, 5.74) is 0. The molecule has 0 aliphatic carbocycles. The second kappa shape index (κ2) is 5.70. The molecule has 0 heterocycles. The number of rotatable bonds is 2. The van der Waals surface area contributed by atoms with Gasteiger partial charge >= 0.3 is 37.7 Å². The van der Waals surface area contributed by atoms with Gasteiger partial charge < -0.3 is 7.59 Å². The molecule has 0 bridgehead atoms. The van der Waals surface area contributed by atoms with Crippen LogP contribution in [0.25, 0.3) is 21.5 Å². The Labute approximate surface area is 138 Å². The molecule has 0 aliphatic heterocycles. The Morgan fingerprint density at radius 1 is 0.889 bits per heavy atom. The zero-order valence-corrected chi connectivity index (χ0v) is 12.0. The van der Waals surface area contributed by atoms with Crippen molar-refractivity contribution in [1.29, 1.82) is 0 Å². The minimum absolute atomic E-state index is 0. The van der Waals surface area contributed by atoms with Crippen molar-refractivity contribution in [2.45, 2.75) is 0 Å². The quantitative estimate of drug-likeness (QED) is 0.403. The van der Waals surface area contributed by atoms with Crippen molar-refractivity contribution >= 4 is 65.8 Å². The van der Waals surface area contributed by atoms with Crippen molar-refractivity contribution in [3.05, 3.63) is 54.6 Å². The van der Waals surface area contributed by atoms with Gasteiger partial charge in [-0.05, 0) is 34.4 Å². The number of carbonyl (C=O) groups excluding carboxylic acids is 1. The predicted octanol–water partition coefficient (Wildman–Crippen LogP) is 3.37. The van der Waals surface area contributed by atoms with E-state index in [1.165, 1.54) is 5.39 Å². The molecule has 3 aromatic rings. The first-order valence-corrected chi connectivity index (χ1v) is 5.40. The van der Waals surface area contributed by atoms with Gasteiger partial charge in [0.05, 0.1) is 0 Å². The van der Waals surface area contributed by atoms with Crippen LogP contribution in [0.1, 0.15) is 2.85 Å². The molecular formula is C15H12CaO2. The van der Waals surface area contributed by atoms with Crippen LogP contribution in [0.15, 0.2) is 54.6 Å². The van der Waals surface area contributed by atoms with Gasteiger partial charge in [0.15, 0.2) is 0 Å². The molecule has 86 valence electrons. The smallest absolute Gasteiger partial charge is 1.00 e. The van der Waals surface area contributed by atoms with E-state index in [1.54, 1.807) is 6.07 Å². The van der Waals surface area contributed by atoms with Crippen LogP contribution in [0.3, 0.4) is 0 Å². The topological polar surface area (TPSA) is 26.3 Å². The molecule has 0 saturated carbocycles. The van der Waals surface area contributed by atoms with Crippen LogP contribution in [0.2, 0.25) is 0 Å². The summed E-state index contributed by atoms with van der Waals surface area (Å²) in [5, 5.41) is 4.35. The van der Waals surface area contributed by atoms with Crippen LogP contribution >= 0.6 is 0 Å². The van der Waals surface area contributed by atoms with Crippen molar-refractivity contribution in [3.63, 3.8) is 0 Å². The van der Waals surface area contributed by atoms with E-state index < -0.39 is 0 Å². The van der Waals surface area contributed by atoms with Gasteiger partial charge in [0.2, 0.25) is 0 Å². The van der Waals surface area contributed by atoms with Crippen molar-refractivity contribution in [2.24, 2.45) is 0 Å². The molecule has 0 aromatic heterocycles. The predicted molar refractivity (Wildman–Crippen MR) is 76.1 cm³/mol. The molecule has 0 amide bonds. The summed E-state index contributed by atoms with van der Waals surface area (Å²) in [5.74, 6) is 0.600. The maximum atomic E-state index is 10.5. The summed E-state index contributed by atoms with van der Waals surface area (Å²) >= 11 is 0. The van der Waals surface area contributed by atoms with Crippen LogP contribution in [0.5, 0.6) is 5.75 Å². The fourth-order valence-electron chi connectivity index (χ4n) is 2.09. The normalized spacial score (nSPS) is 10.0. The van der Waals surface area contributed by atoms with E-state index in [0.29, 0.717) is 12.2 Å². The fraction of sp³-hybridized carbons (Fsp3) is 0. The Morgan fingerprint density at radius 2 is 1.56 bits per heavy atom. The molecule has 0 spiro atoms. The first kappa shape index (κ1) is 13.3. The van der Waals surface area contributed by atoms with E-state index >= 15 is 0 Å². The Morgan fingerprint density at radius 3 is 2.28 bits per heavy atom. The maximum Gasteiger partial charge on any atom is 2.00 e. The van der Waals surface area contributed by atoms with Gasteiger partial charge in [0.1, 0.15) is 5.75 Å². The molecule has 18 heavy (non-hydrogen) atoms. The van der Waals surface area contributed by atoms with Crippen LogP contribution in [-0.4, -0.2) is 44.2 Å². The molecule has 3 rings (SSSR count). The van der Waals surface area contributed by atoms with Gasteiger partial charge in [0, 0.05) is 5.39 Å². The van der Waals surface area contributed by atoms with Crippen LogP contribution in [-0.2, 0) is 4.79 Å².